The maximum absolute atomic E-state index is 12.7. The van der Waals surface area contributed by atoms with E-state index < -0.39 is 11.2 Å². The first-order valence-electron chi connectivity index (χ1n) is 12.2. The third kappa shape index (κ3) is 5.45. The number of benzene rings is 3. The summed E-state index contributed by atoms with van der Waals surface area (Å²) in [6.07, 6.45) is 3.92. The lowest BCUT2D eigenvalue weighted by atomic mass is 9.86. The molecule has 0 radical (unpaired) electrons. The summed E-state index contributed by atoms with van der Waals surface area (Å²) in [7, 11) is 0. The van der Waals surface area contributed by atoms with Gasteiger partial charge in [0.05, 0.1) is 29.9 Å². The highest BCUT2D eigenvalue weighted by atomic mass is 16.7. The van der Waals surface area contributed by atoms with Crippen LogP contribution in [-0.4, -0.2) is 30.9 Å². The first kappa shape index (κ1) is 25.5. The van der Waals surface area contributed by atoms with Crippen LogP contribution in [0.15, 0.2) is 72.8 Å². The molecule has 2 aliphatic rings. The minimum absolute atomic E-state index is 0.0732. The van der Waals surface area contributed by atoms with Crippen molar-refractivity contribution in [2.75, 3.05) is 29.5 Å². The Morgan fingerprint density at radius 1 is 0.917 bits per heavy atom. The molecule has 36 heavy (non-hydrogen) atoms. The SMILES string of the molecule is CC1(C)OCC(CN2C(=O)C(C)(C)c3ccccc32)O1.Nc1cccc(C=Cc2ccccc2)c1N. The molecule has 1 atom stereocenters. The third-order valence-electron chi connectivity index (χ3n) is 6.53. The molecule has 3 aromatic rings. The van der Waals surface area contributed by atoms with E-state index in [1.165, 1.54) is 0 Å². The van der Waals surface area contributed by atoms with Crippen molar-refractivity contribution in [1.29, 1.82) is 0 Å². The fraction of sp³-hybridized carbons (Fsp3) is 0.300. The molecule has 1 unspecified atom stereocenters. The molecule has 0 saturated carbocycles. The molecule has 0 bridgehead atoms. The monoisotopic (exact) mass is 485 g/mol. The van der Waals surface area contributed by atoms with Crippen LogP contribution in [0.5, 0.6) is 0 Å². The van der Waals surface area contributed by atoms with Crippen LogP contribution in [0.3, 0.4) is 0 Å². The van der Waals surface area contributed by atoms with Gasteiger partial charge >= 0.3 is 0 Å². The van der Waals surface area contributed by atoms with Crippen LogP contribution in [-0.2, 0) is 19.7 Å². The Balaban J connectivity index is 0.000000174. The average molecular weight is 486 g/mol. The second-order valence-corrected chi connectivity index (χ2v) is 10.1. The zero-order valence-corrected chi connectivity index (χ0v) is 21.4. The molecular formula is C30H35N3O3. The van der Waals surface area contributed by atoms with Crippen LogP contribution >= 0.6 is 0 Å². The predicted molar refractivity (Wildman–Crippen MR) is 147 cm³/mol. The number of carbonyl (C=O) groups is 1. The number of nitrogens with two attached hydrogens (primary N) is 2. The van der Waals surface area contributed by atoms with Crippen LogP contribution in [0.1, 0.15) is 44.4 Å². The van der Waals surface area contributed by atoms with Crippen molar-refractivity contribution in [1.82, 2.24) is 0 Å². The molecule has 1 fully saturated rings. The Labute approximate surface area is 213 Å². The van der Waals surface area contributed by atoms with E-state index in [-0.39, 0.29) is 12.0 Å². The smallest absolute Gasteiger partial charge is 0.237 e. The first-order valence-corrected chi connectivity index (χ1v) is 12.2. The number of para-hydroxylation sites is 2. The zero-order valence-electron chi connectivity index (χ0n) is 21.4. The molecule has 2 heterocycles. The van der Waals surface area contributed by atoms with E-state index in [1.54, 1.807) is 6.07 Å². The fourth-order valence-corrected chi connectivity index (χ4v) is 4.53. The van der Waals surface area contributed by atoms with Crippen molar-refractivity contribution < 1.29 is 14.3 Å². The summed E-state index contributed by atoms with van der Waals surface area (Å²) in [6.45, 7) is 8.82. The van der Waals surface area contributed by atoms with Gasteiger partial charge in [0.15, 0.2) is 5.79 Å². The Hall–Kier alpha value is -3.61. The third-order valence-corrected chi connectivity index (χ3v) is 6.53. The van der Waals surface area contributed by atoms with Gasteiger partial charge in [-0.05, 0) is 56.5 Å². The second-order valence-electron chi connectivity index (χ2n) is 10.1. The van der Waals surface area contributed by atoms with Crippen molar-refractivity contribution in [2.45, 2.75) is 45.0 Å². The first-order chi connectivity index (χ1) is 17.1. The van der Waals surface area contributed by atoms with Gasteiger partial charge in [0.2, 0.25) is 5.91 Å². The van der Waals surface area contributed by atoms with Gasteiger partial charge in [-0.25, -0.2) is 0 Å². The summed E-state index contributed by atoms with van der Waals surface area (Å²) < 4.78 is 11.4. The normalized spacial score (nSPS) is 19.7. The molecule has 6 heteroatoms. The summed E-state index contributed by atoms with van der Waals surface area (Å²) in [6, 6.07) is 23.7. The van der Waals surface area contributed by atoms with Crippen LogP contribution in [0.4, 0.5) is 17.1 Å². The number of amides is 1. The molecule has 1 amide bonds. The molecule has 6 nitrogen and oxygen atoms in total. The van der Waals surface area contributed by atoms with Gasteiger partial charge in [-0.15, -0.1) is 0 Å². The number of fused-ring (bicyclic) bond motifs is 1. The van der Waals surface area contributed by atoms with Gasteiger partial charge in [0.1, 0.15) is 6.10 Å². The van der Waals surface area contributed by atoms with E-state index in [2.05, 4.69) is 0 Å². The van der Waals surface area contributed by atoms with Gasteiger partial charge in [0.25, 0.3) is 0 Å². The quantitative estimate of drug-likeness (QED) is 0.377. The number of ether oxygens (including phenoxy) is 2. The van der Waals surface area contributed by atoms with Crippen LogP contribution in [0.25, 0.3) is 12.2 Å². The van der Waals surface area contributed by atoms with Gasteiger partial charge in [-0.1, -0.05) is 72.8 Å². The maximum atomic E-state index is 12.7. The summed E-state index contributed by atoms with van der Waals surface area (Å²) >= 11 is 0. The van der Waals surface area contributed by atoms with Crippen LogP contribution in [0.2, 0.25) is 0 Å². The number of nitrogens with zero attached hydrogens (tertiary/aromatic N) is 1. The summed E-state index contributed by atoms with van der Waals surface area (Å²) in [5, 5.41) is 0. The number of anilines is 3. The van der Waals surface area contributed by atoms with Crippen LogP contribution < -0.4 is 16.4 Å². The topological polar surface area (TPSA) is 90.8 Å². The molecule has 2 aliphatic heterocycles. The van der Waals surface area contributed by atoms with E-state index in [0.717, 1.165) is 22.4 Å². The Bertz CT molecular complexity index is 1250. The van der Waals surface area contributed by atoms with E-state index in [4.69, 9.17) is 20.9 Å². The molecular weight excluding hydrogens is 450 g/mol. The molecule has 0 aromatic heterocycles. The molecule has 0 aliphatic carbocycles. The highest BCUT2D eigenvalue weighted by molar-refractivity contribution is 6.07. The second kappa shape index (κ2) is 10.2. The van der Waals surface area contributed by atoms with Gasteiger partial charge in [-0.2, -0.15) is 0 Å². The largest absolute Gasteiger partial charge is 0.397 e. The molecule has 5 rings (SSSR count). The van der Waals surface area contributed by atoms with Crippen molar-refractivity contribution in [2.24, 2.45) is 0 Å². The highest BCUT2D eigenvalue weighted by Gasteiger charge is 2.45. The van der Waals surface area contributed by atoms with E-state index in [1.807, 2.05) is 111 Å². The Morgan fingerprint density at radius 3 is 2.31 bits per heavy atom. The number of nitrogen functional groups attached to an aromatic ring is 2. The van der Waals surface area contributed by atoms with Gasteiger partial charge < -0.3 is 25.8 Å². The maximum Gasteiger partial charge on any atom is 0.237 e. The lowest BCUT2D eigenvalue weighted by molar-refractivity contribution is -0.138. The number of hydrogen-bond donors (Lipinski definition) is 2. The Kier molecular flexibility index (Phi) is 7.20. The van der Waals surface area contributed by atoms with E-state index in [0.29, 0.717) is 24.5 Å². The van der Waals surface area contributed by atoms with Gasteiger partial charge in [-0.3, -0.25) is 4.79 Å². The van der Waals surface area contributed by atoms with Crippen molar-refractivity contribution in [3.63, 3.8) is 0 Å². The van der Waals surface area contributed by atoms with E-state index in [9.17, 15) is 4.79 Å². The number of hydrogen-bond acceptors (Lipinski definition) is 5. The summed E-state index contributed by atoms with van der Waals surface area (Å²) in [5.74, 6) is -0.422. The Morgan fingerprint density at radius 2 is 1.61 bits per heavy atom. The van der Waals surface area contributed by atoms with Crippen molar-refractivity contribution in [3.8, 4) is 0 Å². The number of rotatable bonds is 4. The van der Waals surface area contributed by atoms with Crippen LogP contribution in [0, 0.1) is 0 Å². The molecule has 188 valence electrons. The molecule has 3 aromatic carbocycles. The lowest BCUT2D eigenvalue weighted by Crippen LogP contribution is -2.41. The lowest BCUT2D eigenvalue weighted by Gasteiger charge is -2.24. The molecule has 0 spiro atoms. The molecule has 1 saturated heterocycles. The highest BCUT2D eigenvalue weighted by Crippen LogP contribution is 2.41. The fourth-order valence-electron chi connectivity index (χ4n) is 4.53. The average Bonchev–Trinajstić information content (AvgIpc) is 3.30. The van der Waals surface area contributed by atoms with Crippen molar-refractivity contribution >= 4 is 35.1 Å². The summed E-state index contributed by atoms with van der Waals surface area (Å²) in [5.41, 5.74) is 16.6. The van der Waals surface area contributed by atoms with Gasteiger partial charge in [0, 0.05) is 5.69 Å². The zero-order chi connectivity index (χ0) is 25.9. The standard InChI is InChI=1S/C16H21NO3.C14H14N2/c1-15(2)12-7-5-6-8-13(12)17(14(15)18)9-11-10-19-16(3,4)20-11;15-13-8-4-7-12(14(13)16)10-9-11-5-2-1-3-6-11/h5-8,11H,9-10H2,1-4H3;1-10H,15-16H2. The van der Waals surface area contributed by atoms with E-state index >= 15 is 0 Å². The van der Waals surface area contributed by atoms with Crippen molar-refractivity contribution in [3.05, 3.63) is 89.5 Å². The minimum atomic E-state index is -0.553. The summed E-state index contributed by atoms with van der Waals surface area (Å²) in [4.78, 5) is 14.5. The minimum Gasteiger partial charge on any atom is -0.397 e. The number of carbonyl (C=O) groups excluding carboxylic acids is 1. The predicted octanol–water partition coefficient (Wildman–Crippen LogP) is 5.48. The molecule has 4 N–H and O–H groups in total.